The lowest BCUT2D eigenvalue weighted by molar-refractivity contribution is -0.116. The minimum absolute atomic E-state index is 0.104. The topological polar surface area (TPSA) is 37.3 Å². The maximum absolute atomic E-state index is 9.86. The highest BCUT2D eigenvalue weighted by Gasteiger charge is 2.08. The molecule has 0 radical (unpaired) electrons. The van der Waals surface area contributed by atoms with Gasteiger partial charge in [0, 0.05) is 0 Å². The normalized spacial score (nSPS) is 17.4. The zero-order valence-corrected chi connectivity index (χ0v) is 5.29. The molecule has 0 heterocycles. The Balaban J connectivity index is 3.44. The molecule has 0 fully saturated rings. The number of aliphatic hydroxyl groups excluding tert-OH is 1. The molecule has 0 amide bonds. The molecule has 1 N–H and O–H groups in total. The molecule has 2 heteroatoms. The minimum Gasteiger partial charge on any atom is -0.385 e. The molecule has 0 saturated heterocycles. The number of hydrogen-bond donors (Lipinski definition) is 1. The zero-order valence-electron chi connectivity index (χ0n) is 5.29. The van der Waals surface area contributed by atoms with Crippen molar-refractivity contribution in [2.24, 2.45) is 5.92 Å². The first kappa shape index (κ1) is 7.63. The van der Waals surface area contributed by atoms with Gasteiger partial charge in [0.05, 0.1) is 0 Å². The van der Waals surface area contributed by atoms with Gasteiger partial charge >= 0.3 is 0 Å². The average Bonchev–Trinajstić information content (AvgIpc) is 1.84. The van der Waals surface area contributed by atoms with Crippen molar-refractivity contribution < 1.29 is 9.90 Å². The molecule has 0 unspecified atom stereocenters. The van der Waals surface area contributed by atoms with Gasteiger partial charge in [-0.05, 0) is 5.92 Å². The van der Waals surface area contributed by atoms with Gasteiger partial charge in [0.15, 0.2) is 0 Å². The largest absolute Gasteiger partial charge is 0.385 e. The monoisotopic (exact) mass is 116 g/mol. The van der Waals surface area contributed by atoms with E-state index in [1.165, 1.54) is 0 Å². The van der Waals surface area contributed by atoms with Crippen molar-refractivity contribution in [1.29, 1.82) is 0 Å². The Morgan fingerprint density at radius 1 is 1.75 bits per heavy atom. The van der Waals surface area contributed by atoms with Gasteiger partial charge in [0.2, 0.25) is 0 Å². The summed E-state index contributed by atoms with van der Waals surface area (Å²) in [4.78, 5) is 9.86. The van der Waals surface area contributed by atoms with Crippen molar-refractivity contribution in [3.05, 3.63) is 0 Å². The summed E-state index contributed by atoms with van der Waals surface area (Å²) in [6.45, 7) is 3.79. The van der Waals surface area contributed by atoms with Crippen LogP contribution in [0.4, 0.5) is 0 Å². The first-order valence-electron chi connectivity index (χ1n) is 2.85. The Kier molecular flexibility index (Phi) is 3.44. The van der Waals surface area contributed by atoms with E-state index in [1.54, 1.807) is 0 Å². The predicted molar refractivity (Wildman–Crippen MR) is 31.5 cm³/mol. The second kappa shape index (κ2) is 3.61. The number of aliphatic hydroxyl groups is 1. The number of carbonyl (C=O) groups is 1. The van der Waals surface area contributed by atoms with Crippen molar-refractivity contribution >= 4 is 6.29 Å². The molecule has 0 aliphatic rings. The second-order valence-corrected chi connectivity index (χ2v) is 2.01. The first-order valence-corrected chi connectivity index (χ1v) is 2.85. The van der Waals surface area contributed by atoms with E-state index in [4.69, 9.17) is 5.11 Å². The van der Waals surface area contributed by atoms with Crippen LogP contribution in [-0.2, 0) is 4.79 Å². The molecule has 0 bridgehead atoms. The molecule has 0 aromatic carbocycles. The number of rotatable bonds is 3. The van der Waals surface area contributed by atoms with Crippen molar-refractivity contribution in [2.75, 3.05) is 0 Å². The van der Waals surface area contributed by atoms with E-state index in [-0.39, 0.29) is 5.92 Å². The number of carbonyl (C=O) groups excluding carboxylic acids is 1. The highest BCUT2D eigenvalue weighted by molar-refractivity contribution is 5.55. The average molecular weight is 116 g/mol. The van der Waals surface area contributed by atoms with Gasteiger partial charge in [-0.3, -0.25) is 0 Å². The first-order chi connectivity index (χ1) is 3.72. The van der Waals surface area contributed by atoms with Crippen LogP contribution in [0.5, 0.6) is 0 Å². The number of aldehydes is 1. The van der Waals surface area contributed by atoms with Crippen molar-refractivity contribution in [3.8, 4) is 0 Å². The fraction of sp³-hybridized carbons (Fsp3) is 0.833. The summed E-state index contributed by atoms with van der Waals surface area (Å²) in [5, 5.41) is 8.76. The van der Waals surface area contributed by atoms with E-state index in [0.29, 0.717) is 6.29 Å². The molecule has 8 heavy (non-hydrogen) atoms. The Morgan fingerprint density at radius 2 is 2.25 bits per heavy atom. The van der Waals surface area contributed by atoms with E-state index in [2.05, 4.69) is 0 Å². The summed E-state index contributed by atoms with van der Waals surface area (Å²) in [6.07, 6.45) is 0.661. The molecule has 0 spiro atoms. The standard InChI is InChI=1S/C6H12O2/c1-3-5(2)6(8)4-7/h4-6,8H,3H2,1-2H3/t5-,6+/m1/s1. The van der Waals surface area contributed by atoms with Crippen LogP contribution in [0.2, 0.25) is 0 Å². The Morgan fingerprint density at radius 3 is 2.38 bits per heavy atom. The van der Waals surface area contributed by atoms with Gasteiger partial charge in [-0.25, -0.2) is 0 Å². The molecule has 2 nitrogen and oxygen atoms in total. The Labute approximate surface area is 49.5 Å². The molecule has 0 saturated carbocycles. The molecule has 0 aliphatic carbocycles. The van der Waals surface area contributed by atoms with Crippen LogP contribution in [0, 0.1) is 5.92 Å². The lowest BCUT2D eigenvalue weighted by Gasteiger charge is -2.08. The van der Waals surface area contributed by atoms with Crippen molar-refractivity contribution in [3.63, 3.8) is 0 Å². The molecule has 2 atom stereocenters. The predicted octanol–water partition coefficient (Wildman–Crippen LogP) is 0.592. The highest BCUT2D eigenvalue weighted by atomic mass is 16.3. The fourth-order valence-electron chi connectivity index (χ4n) is 0.376. The summed E-state index contributed by atoms with van der Waals surface area (Å²) >= 11 is 0. The van der Waals surface area contributed by atoms with Gasteiger partial charge in [-0.1, -0.05) is 20.3 Å². The summed E-state index contributed by atoms with van der Waals surface area (Å²) in [5.74, 6) is 0.104. The van der Waals surface area contributed by atoms with Crippen molar-refractivity contribution in [1.82, 2.24) is 0 Å². The smallest absolute Gasteiger partial charge is 0.148 e. The van der Waals surface area contributed by atoms with Crippen molar-refractivity contribution in [2.45, 2.75) is 26.4 Å². The summed E-state index contributed by atoms with van der Waals surface area (Å²) in [6, 6.07) is 0. The van der Waals surface area contributed by atoms with Gasteiger partial charge < -0.3 is 9.90 Å². The number of hydrogen-bond acceptors (Lipinski definition) is 2. The fourth-order valence-corrected chi connectivity index (χ4v) is 0.376. The van der Waals surface area contributed by atoms with Crippen LogP contribution in [0.1, 0.15) is 20.3 Å². The lowest BCUT2D eigenvalue weighted by Crippen LogP contribution is -2.17. The molecule has 0 rings (SSSR count). The van der Waals surface area contributed by atoms with Crippen LogP contribution in [0.3, 0.4) is 0 Å². The third-order valence-electron chi connectivity index (χ3n) is 1.37. The summed E-state index contributed by atoms with van der Waals surface area (Å²) < 4.78 is 0. The maximum Gasteiger partial charge on any atom is 0.148 e. The van der Waals surface area contributed by atoms with Crippen LogP contribution in [0.15, 0.2) is 0 Å². The summed E-state index contributed by atoms with van der Waals surface area (Å²) in [7, 11) is 0. The third kappa shape index (κ3) is 2.07. The van der Waals surface area contributed by atoms with Crippen LogP contribution >= 0.6 is 0 Å². The zero-order chi connectivity index (χ0) is 6.57. The molecule has 0 aromatic heterocycles. The summed E-state index contributed by atoms with van der Waals surface area (Å²) in [5.41, 5.74) is 0. The van der Waals surface area contributed by atoms with Gasteiger partial charge in [-0.2, -0.15) is 0 Å². The SMILES string of the molecule is CC[C@@H](C)[C@@H](O)C=O. The quantitative estimate of drug-likeness (QED) is 0.548. The highest BCUT2D eigenvalue weighted by Crippen LogP contribution is 2.03. The second-order valence-electron chi connectivity index (χ2n) is 2.01. The van der Waals surface area contributed by atoms with E-state index >= 15 is 0 Å². The lowest BCUT2D eigenvalue weighted by atomic mass is 10.0. The molecular weight excluding hydrogens is 104 g/mol. The van der Waals surface area contributed by atoms with Crippen LogP contribution < -0.4 is 0 Å². The third-order valence-corrected chi connectivity index (χ3v) is 1.37. The van der Waals surface area contributed by atoms with Crippen LogP contribution in [0.25, 0.3) is 0 Å². The minimum atomic E-state index is -0.764. The van der Waals surface area contributed by atoms with Gasteiger partial charge in [0.25, 0.3) is 0 Å². The van der Waals surface area contributed by atoms with E-state index in [1.807, 2.05) is 13.8 Å². The maximum atomic E-state index is 9.86. The molecule has 0 aliphatic heterocycles. The van der Waals surface area contributed by atoms with E-state index in [9.17, 15) is 4.79 Å². The van der Waals surface area contributed by atoms with Crippen LogP contribution in [-0.4, -0.2) is 17.5 Å². The molecule has 48 valence electrons. The molecular formula is C6H12O2. The van der Waals surface area contributed by atoms with E-state index in [0.717, 1.165) is 6.42 Å². The molecule has 0 aromatic rings. The van der Waals surface area contributed by atoms with Gasteiger partial charge in [0.1, 0.15) is 12.4 Å². The van der Waals surface area contributed by atoms with Gasteiger partial charge in [-0.15, -0.1) is 0 Å². The Bertz CT molecular complexity index is 70.9. The Hall–Kier alpha value is -0.370. The van der Waals surface area contributed by atoms with E-state index < -0.39 is 6.10 Å².